The minimum Gasteiger partial charge on any atom is -0.497 e. The summed E-state index contributed by atoms with van der Waals surface area (Å²) in [4.78, 5) is 4.92. The van der Waals surface area contributed by atoms with Crippen molar-refractivity contribution in [2.75, 3.05) is 13.7 Å². The van der Waals surface area contributed by atoms with E-state index in [0.717, 1.165) is 47.3 Å². The van der Waals surface area contributed by atoms with Crippen LogP contribution in [0.4, 0.5) is 4.39 Å². The Labute approximate surface area is 237 Å². The van der Waals surface area contributed by atoms with Gasteiger partial charge in [0.05, 0.1) is 12.8 Å². The van der Waals surface area contributed by atoms with Gasteiger partial charge in [-0.15, -0.1) is 0 Å². The lowest BCUT2D eigenvalue weighted by Gasteiger charge is -2.29. The summed E-state index contributed by atoms with van der Waals surface area (Å²) in [7, 11) is 1.64. The zero-order valence-electron chi connectivity index (χ0n) is 25.4. The molecule has 0 heterocycles. The Morgan fingerprint density at radius 2 is 1.67 bits per heavy atom. The fourth-order valence-corrected chi connectivity index (χ4v) is 4.37. The first-order chi connectivity index (χ1) is 18.7. The zero-order valence-corrected chi connectivity index (χ0v) is 25.4. The van der Waals surface area contributed by atoms with Gasteiger partial charge in [0.2, 0.25) is 0 Å². The Bertz CT molecular complexity index is 1190. The second-order valence-electron chi connectivity index (χ2n) is 9.86. The van der Waals surface area contributed by atoms with E-state index in [4.69, 9.17) is 9.73 Å². The molecule has 0 radical (unpaired) electrons. The molecule has 1 fully saturated rings. The number of hydrogen-bond acceptors (Lipinski definition) is 2. The molecular formula is C36H48FNO. The molecule has 0 atom stereocenters. The maximum atomic E-state index is 14.9. The third-order valence-corrected chi connectivity index (χ3v) is 6.36. The van der Waals surface area contributed by atoms with Gasteiger partial charge < -0.3 is 4.74 Å². The summed E-state index contributed by atoms with van der Waals surface area (Å²) >= 11 is 0. The normalized spacial score (nSPS) is 14.5. The van der Waals surface area contributed by atoms with E-state index >= 15 is 0 Å². The molecule has 0 N–H and O–H groups in total. The van der Waals surface area contributed by atoms with E-state index in [1.165, 1.54) is 11.1 Å². The van der Waals surface area contributed by atoms with E-state index in [1.807, 2.05) is 84.0 Å². The lowest BCUT2D eigenvalue weighted by molar-refractivity contribution is 0.304. The maximum Gasteiger partial charge on any atom is 0.132 e. The molecule has 0 spiro atoms. The van der Waals surface area contributed by atoms with Gasteiger partial charge in [0.25, 0.3) is 0 Å². The fraction of sp³-hybridized carbons (Fsp3) is 0.361. The molecule has 2 aromatic rings. The van der Waals surface area contributed by atoms with Gasteiger partial charge in [-0.3, -0.25) is 4.99 Å². The van der Waals surface area contributed by atoms with Gasteiger partial charge in [-0.05, 0) is 89.1 Å². The largest absolute Gasteiger partial charge is 0.497 e. The average Bonchev–Trinajstić information content (AvgIpc) is 2.88. The van der Waals surface area contributed by atoms with Crippen LogP contribution in [0.1, 0.15) is 70.6 Å². The minimum absolute atomic E-state index is 0.231. The number of rotatable bonds is 9. The molecule has 0 bridgehead atoms. The summed E-state index contributed by atoms with van der Waals surface area (Å²) in [6, 6.07) is 15.6. The van der Waals surface area contributed by atoms with Crippen molar-refractivity contribution >= 4 is 5.71 Å². The molecule has 0 aliphatic heterocycles. The first kappa shape index (κ1) is 33.6. The molecule has 2 nitrogen and oxygen atoms in total. The van der Waals surface area contributed by atoms with Crippen LogP contribution in [0, 0.1) is 25.6 Å². The van der Waals surface area contributed by atoms with Gasteiger partial charge in [0.15, 0.2) is 0 Å². The Kier molecular flexibility index (Phi) is 15.4. The zero-order chi connectivity index (χ0) is 29.4. The van der Waals surface area contributed by atoms with E-state index in [9.17, 15) is 4.39 Å². The second kappa shape index (κ2) is 17.9. The van der Waals surface area contributed by atoms with E-state index < -0.39 is 0 Å². The first-order valence-corrected chi connectivity index (χ1v) is 13.9. The quantitative estimate of drug-likeness (QED) is 0.180. The van der Waals surface area contributed by atoms with Gasteiger partial charge in [-0.25, -0.2) is 4.39 Å². The SMILES string of the molecule is C=C/C=C(/C)C(C(=NCCC1CC(=CC(=C)OC)C1)c1ccc(C)cc1F)=C(C)C.CC.Cc1ccccc1. The number of hydrogen-bond donors (Lipinski definition) is 0. The number of aryl methyl sites for hydroxylation is 2. The third-order valence-electron chi connectivity index (χ3n) is 6.36. The maximum absolute atomic E-state index is 14.9. The summed E-state index contributed by atoms with van der Waals surface area (Å²) < 4.78 is 20.0. The van der Waals surface area contributed by atoms with E-state index in [2.05, 4.69) is 32.2 Å². The Balaban J connectivity index is 0.000000720. The van der Waals surface area contributed by atoms with Crippen LogP contribution in [0.5, 0.6) is 0 Å². The Morgan fingerprint density at radius 1 is 1.03 bits per heavy atom. The number of benzene rings is 2. The lowest BCUT2D eigenvalue weighted by atomic mass is 9.78. The molecular weight excluding hydrogens is 481 g/mol. The fourth-order valence-electron chi connectivity index (χ4n) is 4.37. The van der Waals surface area contributed by atoms with Crippen molar-refractivity contribution in [3.63, 3.8) is 0 Å². The summed E-state index contributed by atoms with van der Waals surface area (Å²) in [6.07, 6.45) is 8.83. The molecule has 3 heteroatoms. The van der Waals surface area contributed by atoms with Crippen molar-refractivity contribution < 1.29 is 9.13 Å². The molecule has 39 heavy (non-hydrogen) atoms. The third kappa shape index (κ3) is 11.4. The van der Waals surface area contributed by atoms with Crippen LogP contribution in [0.2, 0.25) is 0 Å². The Morgan fingerprint density at radius 3 is 2.15 bits per heavy atom. The highest BCUT2D eigenvalue weighted by molar-refractivity contribution is 6.15. The summed E-state index contributed by atoms with van der Waals surface area (Å²) in [6.45, 7) is 22.4. The molecule has 0 unspecified atom stereocenters. The molecule has 1 aliphatic carbocycles. The summed E-state index contributed by atoms with van der Waals surface area (Å²) in [5, 5.41) is 0. The summed E-state index contributed by atoms with van der Waals surface area (Å²) in [5.41, 5.74) is 8.01. The van der Waals surface area contributed by atoms with Crippen LogP contribution in [0.15, 0.2) is 113 Å². The Hall–Kier alpha value is -3.46. The number of allylic oxidation sites excluding steroid dienone is 7. The van der Waals surface area contributed by atoms with Crippen LogP contribution in [0.3, 0.4) is 0 Å². The van der Waals surface area contributed by atoms with Crippen LogP contribution >= 0.6 is 0 Å². The van der Waals surface area contributed by atoms with Crippen molar-refractivity contribution in [3.05, 3.63) is 130 Å². The number of halogens is 1. The molecule has 1 saturated carbocycles. The van der Waals surface area contributed by atoms with Crippen molar-refractivity contribution in [2.24, 2.45) is 10.9 Å². The van der Waals surface area contributed by atoms with Crippen LogP contribution in [0.25, 0.3) is 0 Å². The van der Waals surface area contributed by atoms with Crippen LogP contribution in [-0.2, 0) is 4.74 Å². The predicted octanol–water partition coefficient (Wildman–Crippen LogP) is 10.3. The van der Waals surface area contributed by atoms with E-state index in [-0.39, 0.29) is 5.82 Å². The molecule has 0 aromatic heterocycles. The van der Waals surface area contributed by atoms with Gasteiger partial charge in [0, 0.05) is 17.7 Å². The molecule has 1 aliphatic rings. The topological polar surface area (TPSA) is 21.6 Å². The predicted molar refractivity (Wildman–Crippen MR) is 169 cm³/mol. The highest BCUT2D eigenvalue weighted by atomic mass is 19.1. The average molecular weight is 530 g/mol. The van der Waals surface area contributed by atoms with Crippen molar-refractivity contribution in [1.82, 2.24) is 0 Å². The highest BCUT2D eigenvalue weighted by Gasteiger charge is 2.23. The highest BCUT2D eigenvalue weighted by Crippen LogP contribution is 2.36. The minimum atomic E-state index is -0.231. The van der Waals surface area contributed by atoms with Crippen LogP contribution < -0.4 is 0 Å². The standard InChI is InChI=1S/C27H34FNO.C7H8.C2H6/c1-8-9-20(5)26(18(2)3)27(24-11-10-19(4)14-25(24)28)29-13-12-22-16-23(17-22)15-21(6)30-7;1-7-5-3-2-4-6-7;1-2/h8-11,14-15,22H,1,6,12-13,16-17H2,2-5,7H3;2-6H,1H3;1-2H3/b20-9-,23-15?,29-27?;;. The number of methoxy groups -OCH3 is 1. The second-order valence-corrected chi connectivity index (χ2v) is 9.86. The molecule has 0 amide bonds. The van der Waals surface area contributed by atoms with Gasteiger partial charge in [-0.2, -0.15) is 0 Å². The first-order valence-electron chi connectivity index (χ1n) is 13.9. The van der Waals surface area contributed by atoms with Crippen molar-refractivity contribution in [1.29, 1.82) is 0 Å². The molecule has 210 valence electrons. The molecule has 0 saturated heterocycles. The number of nitrogens with zero attached hydrogens (tertiary/aromatic N) is 1. The number of aliphatic imine (C=N–C) groups is 1. The summed E-state index contributed by atoms with van der Waals surface area (Å²) in [5.74, 6) is 1.08. The molecule has 3 rings (SSSR count). The van der Waals surface area contributed by atoms with E-state index in [1.54, 1.807) is 19.3 Å². The molecule has 2 aromatic carbocycles. The van der Waals surface area contributed by atoms with Gasteiger partial charge in [-0.1, -0.05) is 92.3 Å². The van der Waals surface area contributed by atoms with Gasteiger partial charge >= 0.3 is 0 Å². The number of ether oxygens (including phenoxy) is 1. The van der Waals surface area contributed by atoms with Crippen molar-refractivity contribution in [2.45, 2.75) is 67.7 Å². The van der Waals surface area contributed by atoms with E-state index in [0.29, 0.717) is 23.8 Å². The smallest absolute Gasteiger partial charge is 0.132 e. The monoisotopic (exact) mass is 529 g/mol. The lowest BCUT2D eigenvalue weighted by Crippen LogP contribution is -2.17. The van der Waals surface area contributed by atoms with Crippen molar-refractivity contribution in [3.8, 4) is 0 Å². The van der Waals surface area contributed by atoms with Gasteiger partial charge in [0.1, 0.15) is 11.6 Å². The van der Waals surface area contributed by atoms with Crippen LogP contribution in [-0.4, -0.2) is 19.4 Å².